The molecule has 2 nitrogen and oxygen atoms in total. The Morgan fingerprint density at radius 2 is 0.675 bits per heavy atom. The summed E-state index contributed by atoms with van der Waals surface area (Å²) in [4.78, 5) is 2.40. The normalized spacial score (nSPS) is 11.6. The van der Waals surface area contributed by atoms with Crippen molar-refractivity contribution in [2.24, 2.45) is 0 Å². The molecule has 1 aromatic heterocycles. The summed E-state index contributed by atoms with van der Waals surface area (Å²) >= 11 is 0. The van der Waals surface area contributed by atoms with Gasteiger partial charge in [0.2, 0.25) is 0 Å². The lowest BCUT2D eigenvalue weighted by molar-refractivity contribution is 0.636. The average molecular weight is 998 g/mol. The second kappa shape index (κ2) is 19.5. The van der Waals surface area contributed by atoms with Crippen LogP contribution in [0.3, 0.4) is 0 Å². The maximum Gasteiger partial charge on any atom is 0.179 e. The van der Waals surface area contributed by atoms with Crippen LogP contribution in [0.1, 0.15) is 0 Å². The first-order valence-corrected chi connectivity index (χ1v) is 28.5. The number of rotatable bonds is 11. The molecule has 1 heterocycles. The Morgan fingerprint density at radius 1 is 0.260 bits per heavy atom. The Bertz CT molecular complexity index is 4290. The monoisotopic (exact) mass is 997 g/mol. The first kappa shape index (κ1) is 45.8. The van der Waals surface area contributed by atoms with Gasteiger partial charge in [-0.1, -0.05) is 261 Å². The molecule has 0 saturated carbocycles. The summed E-state index contributed by atoms with van der Waals surface area (Å²) in [5.41, 5.74) is 12.1. The van der Waals surface area contributed by atoms with Crippen molar-refractivity contribution < 1.29 is 4.42 Å². The fourth-order valence-electron chi connectivity index (χ4n) is 12.0. The zero-order chi connectivity index (χ0) is 51.1. The van der Waals surface area contributed by atoms with Crippen molar-refractivity contribution in [1.82, 2.24) is 0 Å². The summed E-state index contributed by atoms with van der Waals surface area (Å²) in [5, 5.41) is 13.6. The highest BCUT2D eigenvalue weighted by atomic mass is 28.3. The van der Waals surface area contributed by atoms with Crippen LogP contribution in [-0.2, 0) is 0 Å². The lowest BCUT2D eigenvalue weighted by Gasteiger charge is -2.35. The van der Waals surface area contributed by atoms with Gasteiger partial charge in [0, 0.05) is 39.0 Å². The minimum absolute atomic E-state index is 0.886. The van der Waals surface area contributed by atoms with Gasteiger partial charge in [0.15, 0.2) is 8.07 Å². The van der Waals surface area contributed by atoms with E-state index < -0.39 is 8.07 Å². The fraction of sp³-hybridized carbons (Fsp3) is 0. The van der Waals surface area contributed by atoms with Crippen LogP contribution in [0.15, 0.2) is 314 Å². The van der Waals surface area contributed by atoms with Gasteiger partial charge in [-0.15, -0.1) is 0 Å². The number of fused-ring (bicyclic) bond motifs is 7. The van der Waals surface area contributed by atoms with Gasteiger partial charge in [0.05, 0.1) is 0 Å². The molecule has 0 fully saturated rings. The Balaban J connectivity index is 0.898. The summed E-state index contributed by atoms with van der Waals surface area (Å²) in [7, 11) is -2.74. The van der Waals surface area contributed by atoms with Crippen LogP contribution in [0.25, 0.3) is 88.0 Å². The Kier molecular flexibility index (Phi) is 11.6. The van der Waals surface area contributed by atoms with E-state index in [1.165, 1.54) is 58.8 Å². The van der Waals surface area contributed by atoms with Crippen LogP contribution in [0.4, 0.5) is 17.1 Å². The SMILES string of the molecule is c1ccc(-c2oc3c4ccccc4c4cc(-c5ccc(N(c6ccc(-c7ccc8ccccc8c7)cc6)c6ccc([Si](c7ccccc7)(c7ccccc7)c7ccccc7)cc6)cc5)ccc4c3c2-c2ccccc2)cc1. The average Bonchev–Trinajstić information content (AvgIpc) is 3.94. The Hall–Kier alpha value is -9.80. The number of nitrogens with zero attached hydrogens (tertiary/aromatic N) is 1. The van der Waals surface area contributed by atoms with E-state index in [0.717, 1.165) is 67.0 Å². The smallest absolute Gasteiger partial charge is 0.179 e. The molecule has 77 heavy (non-hydrogen) atoms. The van der Waals surface area contributed by atoms with E-state index in [1.54, 1.807) is 0 Å². The molecule has 0 radical (unpaired) electrons. The van der Waals surface area contributed by atoms with E-state index >= 15 is 0 Å². The van der Waals surface area contributed by atoms with Gasteiger partial charge in [-0.05, 0) is 124 Å². The van der Waals surface area contributed by atoms with Gasteiger partial charge in [-0.2, -0.15) is 0 Å². The first-order chi connectivity index (χ1) is 38.2. The van der Waals surface area contributed by atoms with Crippen molar-refractivity contribution in [2.45, 2.75) is 0 Å². The fourth-order valence-corrected chi connectivity index (χ4v) is 16.7. The summed E-state index contributed by atoms with van der Waals surface area (Å²) in [6.45, 7) is 0. The second-order valence-corrected chi connectivity index (χ2v) is 23.7. The van der Waals surface area contributed by atoms with Crippen LogP contribution >= 0.6 is 0 Å². The van der Waals surface area contributed by atoms with E-state index in [9.17, 15) is 0 Å². The summed E-state index contributed by atoms with van der Waals surface area (Å²) in [6.07, 6.45) is 0. The van der Waals surface area contributed by atoms with Crippen molar-refractivity contribution in [2.75, 3.05) is 4.90 Å². The van der Waals surface area contributed by atoms with Crippen molar-refractivity contribution in [3.8, 4) is 44.7 Å². The number of benzene rings is 13. The largest absolute Gasteiger partial charge is 0.455 e. The van der Waals surface area contributed by atoms with E-state index in [1.807, 2.05) is 0 Å². The molecular weight excluding hydrogens is 947 g/mol. The Labute approximate surface area is 450 Å². The number of furan rings is 1. The zero-order valence-corrected chi connectivity index (χ0v) is 43.3. The molecular formula is C74H51NOSi. The van der Waals surface area contributed by atoms with Crippen LogP contribution in [0.2, 0.25) is 0 Å². The van der Waals surface area contributed by atoms with E-state index in [0.29, 0.717) is 0 Å². The van der Waals surface area contributed by atoms with Crippen molar-refractivity contribution in [3.05, 3.63) is 309 Å². The Morgan fingerprint density at radius 3 is 1.23 bits per heavy atom. The molecule has 362 valence electrons. The third-order valence-electron chi connectivity index (χ3n) is 15.6. The van der Waals surface area contributed by atoms with Crippen LogP contribution in [0, 0.1) is 0 Å². The quantitative estimate of drug-likeness (QED) is 0.0729. The molecule has 13 aromatic carbocycles. The van der Waals surface area contributed by atoms with Crippen LogP contribution in [0.5, 0.6) is 0 Å². The third kappa shape index (κ3) is 8.04. The lowest BCUT2D eigenvalue weighted by Crippen LogP contribution is -2.74. The molecule has 0 N–H and O–H groups in total. The van der Waals surface area contributed by atoms with E-state index in [2.05, 4.69) is 314 Å². The molecule has 0 aliphatic rings. The summed E-state index contributed by atoms with van der Waals surface area (Å²) in [5.74, 6) is 0.886. The lowest BCUT2D eigenvalue weighted by atomic mass is 9.91. The highest BCUT2D eigenvalue weighted by molar-refractivity contribution is 7.19. The van der Waals surface area contributed by atoms with Crippen LogP contribution < -0.4 is 25.6 Å². The summed E-state index contributed by atoms with van der Waals surface area (Å²) in [6, 6.07) is 113. The standard InChI is InChI=1S/C74H51NOSi/c1-6-21-55(22-7-1)71-72-68-49-40-59(51-70(68)67-32-18-19-33-69(67)74(72)76-73(71)56-23-8-2-9-24-56)54-38-43-61(44-39-54)75(60-41-36-53(37-42-60)58-35-34-52-20-16-17-25-57(52)50-58)62-45-47-66(48-46-62)77(63-26-10-3-11-27-63,64-28-12-4-13-29-64)65-30-14-5-15-31-65/h1-51H. The molecule has 0 saturated heterocycles. The minimum Gasteiger partial charge on any atom is -0.455 e. The maximum atomic E-state index is 7.01. The molecule has 3 heteroatoms. The topological polar surface area (TPSA) is 16.4 Å². The molecule has 14 aromatic rings. The van der Waals surface area contributed by atoms with E-state index in [4.69, 9.17) is 4.42 Å². The molecule has 0 unspecified atom stereocenters. The first-order valence-electron chi connectivity index (χ1n) is 26.5. The van der Waals surface area contributed by atoms with Crippen LogP contribution in [-0.4, -0.2) is 8.07 Å². The number of anilines is 3. The molecule has 0 amide bonds. The maximum absolute atomic E-state index is 7.01. The van der Waals surface area contributed by atoms with Crippen molar-refractivity contribution in [1.29, 1.82) is 0 Å². The number of hydrogen-bond donors (Lipinski definition) is 0. The molecule has 0 atom stereocenters. The highest BCUT2D eigenvalue weighted by Crippen LogP contribution is 2.48. The predicted molar refractivity (Wildman–Crippen MR) is 329 cm³/mol. The summed E-state index contributed by atoms with van der Waals surface area (Å²) < 4.78 is 7.01. The van der Waals surface area contributed by atoms with Gasteiger partial charge in [0.1, 0.15) is 11.3 Å². The number of hydrogen-bond acceptors (Lipinski definition) is 2. The second-order valence-electron chi connectivity index (χ2n) is 19.9. The minimum atomic E-state index is -2.74. The molecule has 0 bridgehead atoms. The zero-order valence-electron chi connectivity index (χ0n) is 42.3. The van der Waals surface area contributed by atoms with Gasteiger partial charge >= 0.3 is 0 Å². The molecule has 0 aliphatic carbocycles. The van der Waals surface area contributed by atoms with Gasteiger partial charge in [-0.3, -0.25) is 0 Å². The molecule has 0 spiro atoms. The van der Waals surface area contributed by atoms with Gasteiger partial charge < -0.3 is 9.32 Å². The van der Waals surface area contributed by atoms with Crippen molar-refractivity contribution in [3.63, 3.8) is 0 Å². The van der Waals surface area contributed by atoms with Crippen molar-refractivity contribution >= 4 is 89.2 Å². The predicted octanol–water partition coefficient (Wildman–Crippen LogP) is 17.4. The molecule has 0 aliphatic heterocycles. The van der Waals surface area contributed by atoms with Gasteiger partial charge in [0.25, 0.3) is 0 Å². The van der Waals surface area contributed by atoms with E-state index in [-0.39, 0.29) is 0 Å². The highest BCUT2D eigenvalue weighted by Gasteiger charge is 2.41. The molecule has 14 rings (SSSR count). The third-order valence-corrected chi connectivity index (χ3v) is 20.4. The van der Waals surface area contributed by atoms with Gasteiger partial charge in [-0.25, -0.2) is 0 Å².